The quantitative estimate of drug-likeness (QED) is 0.637. The van der Waals surface area contributed by atoms with Crippen LogP contribution in [0.4, 0.5) is 8.78 Å². The van der Waals surface area contributed by atoms with Gasteiger partial charge in [0.15, 0.2) is 0 Å². The molecule has 1 aromatic heterocycles. The van der Waals surface area contributed by atoms with Crippen LogP contribution in [0.25, 0.3) is 6.08 Å². The SMILES string of the molecule is CN(C)C(CNC(=O)/C=C/c1cc(Br)ccc1OC(F)F)c1cnn(C)c1. The van der Waals surface area contributed by atoms with E-state index in [2.05, 4.69) is 31.1 Å². The molecule has 0 aliphatic rings. The molecule has 0 saturated carbocycles. The normalized spacial score (nSPS) is 12.7. The Bertz CT molecular complexity index is 808. The Morgan fingerprint density at radius 1 is 1.44 bits per heavy atom. The summed E-state index contributed by atoms with van der Waals surface area (Å²) in [6.45, 7) is -2.56. The van der Waals surface area contributed by atoms with Gasteiger partial charge in [0, 0.05) is 41.5 Å². The maximum Gasteiger partial charge on any atom is 0.387 e. The van der Waals surface area contributed by atoms with E-state index in [1.807, 2.05) is 32.2 Å². The Balaban J connectivity index is 2.03. The van der Waals surface area contributed by atoms with Crippen molar-refractivity contribution in [1.82, 2.24) is 20.0 Å². The monoisotopic (exact) mass is 442 g/mol. The Morgan fingerprint density at radius 2 is 2.19 bits per heavy atom. The van der Waals surface area contributed by atoms with Crippen molar-refractivity contribution in [2.75, 3.05) is 20.6 Å². The molecule has 1 aromatic carbocycles. The molecule has 27 heavy (non-hydrogen) atoms. The summed E-state index contributed by atoms with van der Waals surface area (Å²) in [6.07, 6.45) is 6.37. The van der Waals surface area contributed by atoms with Crippen molar-refractivity contribution < 1.29 is 18.3 Å². The van der Waals surface area contributed by atoms with Crippen molar-refractivity contribution in [2.45, 2.75) is 12.7 Å². The average Bonchev–Trinajstić information content (AvgIpc) is 3.00. The molecule has 2 aromatic rings. The number of nitrogens with one attached hydrogen (secondary N) is 1. The number of ether oxygens (including phenoxy) is 1. The van der Waals surface area contributed by atoms with Gasteiger partial charge in [0.1, 0.15) is 5.75 Å². The Labute approximate surface area is 164 Å². The second kappa shape index (κ2) is 9.61. The van der Waals surface area contributed by atoms with Gasteiger partial charge in [-0.15, -0.1) is 0 Å². The highest BCUT2D eigenvalue weighted by molar-refractivity contribution is 9.10. The molecule has 2 rings (SSSR count). The van der Waals surface area contributed by atoms with Crippen LogP contribution in [-0.2, 0) is 11.8 Å². The fourth-order valence-electron chi connectivity index (χ4n) is 2.49. The topological polar surface area (TPSA) is 59.4 Å². The van der Waals surface area contributed by atoms with Gasteiger partial charge in [0.25, 0.3) is 0 Å². The number of hydrogen-bond donors (Lipinski definition) is 1. The third-order valence-corrected chi connectivity index (χ3v) is 4.30. The molecule has 0 saturated heterocycles. The van der Waals surface area contributed by atoms with Crippen LogP contribution >= 0.6 is 15.9 Å². The number of carbonyl (C=O) groups is 1. The van der Waals surface area contributed by atoms with Gasteiger partial charge >= 0.3 is 6.61 Å². The van der Waals surface area contributed by atoms with Crippen LogP contribution in [0.5, 0.6) is 5.75 Å². The first-order valence-corrected chi connectivity index (χ1v) is 8.91. The first-order valence-electron chi connectivity index (χ1n) is 8.11. The van der Waals surface area contributed by atoms with Crippen molar-refractivity contribution in [3.63, 3.8) is 0 Å². The van der Waals surface area contributed by atoms with Crippen LogP contribution in [0.1, 0.15) is 17.2 Å². The number of halogens is 3. The standard InChI is InChI=1S/C18H21BrF2N4O2/c1-24(2)15(13-9-23-25(3)11-13)10-22-17(26)7-4-12-8-14(19)5-6-16(12)27-18(20)21/h4-9,11,15,18H,10H2,1-3H3,(H,22,26)/b7-4+. The van der Waals surface area contributed by atoms with Gasteiger partial charge in [0.05, 0.1) is 12.2 Å². The lowest BCUT2D eigenvalue weighted by molar-refractivity contribution is -0.116. The summed E-state index contributed by atoms with van der Waals surface area (Å²) in [5, 5.41) is 6.96. The van der Waals surface area contributed by atoms with Crippen LogP contribution in [0.2, 0.25) is 0 Å². The maximum absolute atomic E-state index is 12.5. The van der Waals surface area contributed by atoms with E-state index in [-0.39, 0.29) is 17.7 Å². The molecule has 0 radical (unpaired) electrons. The number of amides is 1. The largest absolute Gasteiger partial charge is 0.434 e. The molecular formula is C18H21BrF2N4O2. The molecule has 1 amide bonds. The van der Waals surface area contributed by atoms with E-state index in [9.17, 15) is 13.6 Å². The van der Waals surface area contributed by atoms with Crippen molar-refractivity contribution in [2.24, 2.45) is 7.05 Å². The molecule has 0 fully saturated rings. The molecule has 1 unspecified atom stereocenters. The van der Waals surface area contributed by atoms with Crippen molar-refractivity contribution >= 4 is 27.9 Å². The van der Waals surface area contributed by atoms with Crippen LogP contribution in [0.3, 0.4) is 0 Å². The lowest BCUT2D eigenvalue weighted by Gasteiger charge is -2.23. The smallest absolute Gasteiger partial charge is 0.387 e. The number of aryl methyl sites for hydroxylation is 1. The summed E-state index contributed by atoms with van der Waals surface area (Å²) >= 11 is 3.27. The summed E-state index contributed by atoms with van der Waals surface area (Å²) in [7, 11) is 5.65. The average molecular weight is 443 g/mol. The van der Waals surface area contributed by atoms with E-state index >= 15 is 0 Å². The summed E-state index contributed by atoms with van der Waals surface area (Å²) in [6, 6.07) is 4.56. The number of nitrogens with zero attached hydrogens (tertiary/aromatic N) is 3. The van der Waals surface area contributed by atoms with Gasteiger partial charge in [-0.3, -0.25) is 9.48 Å². The number of hydrogen-bond acceptors (Lipinski definition) is 4. The fourth-order valence-corrected chi connectivity index (χ4v) is 2.86. The maximum atomic E-state index is 12.5. The zero-order valence-corrected chi connectivity index (χ0v) is 16.8. The van der Waals surface area contributed by atoms with Crippen molar-refractivity contribution in [3.8, 4) is 5.75 Å². The van der Waals surface area contributed by atoms with Crippen LogP contribution in [0, 0.1) is 0 Å². The van der Waals surface area contributed by atoms with E-state index in [0.717, 1.165) is 5.56 Å². The first-order chi connectivity index (χ1) is 12.8. The van der Waals surface area contributed by atoms with Crippen LogP contribution in [-0.4, -0.2) is 47.8 Å². The fraction of sp³-hybridized carbons (Fsp3) is 0.333. The zero-order chi connectivity index (χ0) is 20.0. The van der Waals surface area contributed by atoms with Gasteiger partial charge in [-0.05, 0) is 38.4 Å². The highest BCUT2D eigenvalue weighted by Crippen LogP contribution is 2.26. The number of alkyl halides is 2. The minimum atomic E-state index is -2.94. The molecule has 0 bridgehead atoms. The van der Waals surface area contributed by atoms with E-state index in [1.54, 1.807) is 23.0 Å². The van der Waals surface area contributed by atoms with Gasteiger partial charge in [-0.25, -0.2) is 0 Å². The Kier molecular flexibility index (Phi) is 7.49. The molecule has 0 aliphatic heterocycles. The number of benzene rings is 1. The third-order valence-electron chi connectivity index (χ3n) is 3.80. The molecular weight excluding hydrogens is 422 g/mol. The molecule has 6 nitrogen and oxygen atoms in total. The Morgan fingerprint density at radius 3 is 2.78 bits per heavy atom. The van der Waals surface area contributed by atoms with Crippen molar-refractivity contribution in [3.05, 3.63) is 52.3 Å². The molecule has 146 valence electrons. The van der Waals surface area contributed by atoms with Gasteiger partial charge in [0.2, 0.25) is 5.91 Å². The zero-order valence-electron chi connectivity index (χ0n) is 15.2. The van der Waals surface area contributed by atoms with Crippen molar-refractivity contribution in [1.29, 1.82) is 0 Å². The third kappa shape index (κ3) is 6.44. The van der Waals surface area contributed by atoms with Gasteiger partial charge in [-0.1, -0.05) is 15.9 Å². The lowest BCUT2D eigenvalue weighted by Crippen LogP contribution is -2.33. The predicted octanol–water partition coefficient (Wildman–Crippen LogP) is 3.22. The number of rotatable bonds is 8. The predicted molar refractivity (Wildman–Crippen MR) is 102 cm³/mol. The van der Waals surface area contributed by atoms with E-state index in [1.165, 1.54) is 18.2 Å². The minimum Gasteiger partial charge on any atom is -0.434 e. The highest BCUT2D eigenvalue weighted by atomic mass is 79.9. The minimum absolute atomic E-state index is 0.00113. The molecule has 1 atom stereocenters. The second-order valence-electron chi connectivity index (χ2n) is 6.07. The van der Waals surface area contributed by atoms with E-state index in [0.29, 0.717) is 16.6 Å². The number of aromatic nitrogens is 2. The number of carbonyl (C=O) groups excluding carboxylic acids is 1. The lowest BCUT2D eigenvalue weighted by atomic mass is 10.1. The first kappa shape index (κ1) is 21.0. The van der Waals surface area contributed by atoms with Gasteiger partial charge in [-0.2, -0.15) is 13.9 Å². The molecule has 9 heteroatoms. The summed E-state index contributed by atoms with van der Waals surface area (Å²) in [5.74, 6) is -0.340. The van der Waals surface area contributed by atoms with E-state index in [4.69, 9.17) is 0 Å². The molecule has 0 aliphatic carbocycles. The second-order valence-corrected chi connectivity index (χ2v) is 6.98. The van der Waals surface area contributed by atoms with Crippen LogP contribution in [0.15, 0.2) is 41.1 Å². The van der Waals surface area contributed by atoms with E-state index < -0.39 is 6.61 Å². The van der Waals surface area contributed by atoms with Crippen LogP contribution < -0.4 is 10.1 Å². The highest BCUT2D eigenvalue weighted by Gasteiger charge is 2.16. The summed E-state index contributed by atoms with van der Waals surface area (Å²) in [5.41, 5.74) is 1.35. The molecule has 1 heterocycles. The molecule has 0 spiro atoms. The summed E-state index contributed by atoms with van der Waals surface area (Å²) < 4.78 is 31.9. The van der Waals surface area contributed by atoms with Gasteiger partial charge < -0.3 is 15.0 Å². The summed E-state index contributed by atoms with van der Waals surface area (Å²) in [4.78, 5) is 14.1. The molecule has 1 N–H and O–H groups in total. The number of likely N-dealkylation sites (N-methyl/N-ethyl adjacent to an activating group) is 1. The Hall–Kier alpha value is -2.26.